The summed E-state index contributed by atoms with van der Waals surface area (Å²) in [6.45, 7) is 10.9. The molecule has 28 heavy (non-hydrogen) atoms. The van der Waals surface area contributed by atoms with Gasteiger partial charge in [0.2, 0.25) is 0 Å². The van der Waals surface area contributed by atoms with E-state index < -0.39 is 0 Å². The molecule has 5 fully saturated rings. The molecule has 4 aliphatic carbocycles. The third-order valence-electron chi connectivity index (χ3n) is 7.62. The fraction of sp³-hybridized carbons (Fsp3) is 0.875. The van der Waals surface area contributed by atoms with E-state index in [1.54, 1.807) is 6.92 Å². The van der Waals surface area contributed by atoms with Gasteiger partial charge in [0, 0.05) is 17.9 Å². The minimum absolute atomic E-state index is 0.106. The second-order valence-electron chi connectivity index (χ2n) is 10.3. The predicted molar refractivity (Wildman–Crippen MR) is 109 cm³/mol. The zero-order chi connectivity index (χ0) is 19.9. The summed E-state index contributed by atoms with van der Waals surface area (Å²) in [5.74, 6) is 1.57. The quantitative estimate of drug-likeness (QED) is 0.401. The highest BCUT2D eigenvalue weighted by molar-refractivity contribution is 5.87. The van der Waals surface area contributed by atoms with E-state index in [4.69, 9.17) is 14.2 Å². The average Bonchev–Trinajstić information content (AvgIpc) is 2.56. The van der Waals surface area contributed by atoms with Crippen molar-refractivity contribution in [1.29, 1.82) is 0 Å². The largest absolute Gasteiger partial charge is 0.456 e. The minimum Gasteiger partial charge on any atom is -0.456 e. The molecule has 5 unspecified atom stereocenters. The van der Waals surface area contributed by atoms with E-state index in [0.29, 0.717) is 29.4 Å². The Bertz CT molecular complexity index is 598. The van der Waals surface area contributed by atoms with Crippen molar-refractivity contribution in [3.8, 4) is 0 Å². The number of hydrogen-bond acceptors (Lipinski definition) is 4. The minimum atomic E-state index is -0.324. The molecule has 4 heteroatoms. The molecule has 0 amide bonds. The number of esters is 1. The molecule has 5 atom stereocenters. The van der Waals surface area contributed by atoms with Crippen LogP contribution in [0.15, 0.2) is 12.2 Å². The number of carbonyl (C=O) groups is 1. The molecule has 4 bridgehead atoms. The fourth-order valence-electron chi connectivity index (χ4n) is 6.88. The van der Waals surface area contributed by atoms with Crippen molar-refractivity contribution >= 4 is 5.97 Å². The first-order valence-corrected chi connectivity index (χ1v) is 11.6. The lowest BCUT2D eigenvalue weighted by molar-refractivity contribution is -0.269. The van der Waals surface area contributed by atoms with Crippen LogP contribution < -0.4 is 0 Å². The highest BCUT2D eigenvalue weighted by Gasteiger charge is 2.61. The lowest BCUT2D eigenvalue weighted by Crippen LogP contribution is -2.63. The summed E-state index contributed by atoms with van der Waals surface area (Å²) in [7, 11) is 0. The van der Waals surface area contributed by atoms with Crippen molar-refractivity contribution in [3.05, 3.63) is 12.2 Å². The van der Waals surface area contributed by atoms with Crippen molar-refractivity contribution < 1.29 is 19.0 Å². The van der Waals surface area contributed by atoms with Gasteiger partial charge in [-0.2, -0.15) is 0 Å². The van der Waals surface area contributed by atoms with E-state index in [1.165, 1.54) is 6.42 Å². The lowest BCUT2D eigenvalue weighted by Gasteiger charge is -2.62. The van der Waals surface area contributed by atoms with Crippen LogP contribution in [0.25, 0.3) is 0 Å². The molecule has 0 aromatic carbocycles. The lowest BCUT2D eigenvalue weighted by atomic mass is 9.52. The number of hydrogen-bond donors (Lipinski definition) is 0. The van der Waals surface area contributed by atoms with Gasteiger partial charge in [-0.15, -0.1) is 0 Å². The van der Waals surface area contributed by atoms with Gasteiger partial charge in [-0.25, -0.2) is 4.79 Å². The van der Waals surface area contributed by atoms with Crippen LogP contribution >= 0.6 is 0 Å². The van der Waals surface area contributed by atoms with Crippen LogP contribution in [0.1, 0.15) is 85.0 Å². The van der Waals surface area contributed by atoms with Gasteiger partial charge in [-0.1, -0.05) is 33.3 Å². The SMILES string of the molecule is C=C(C)C(=O)OC12CC3CC(C1)CC(OC(CCC)C1COC1CCC)(C3)C2. The molecule has 5 rings (SSSR count). The van der Waals surface area contributed by atoms with E-state index in [-0.39, 0.29) is 23.3 Å². The van der Waals surface area contributed by atoms with E-state index in [9.17, 15) is 4.79 Å². The smallest absolute Gasteiger partial charge is 0.333 e. The number of carbonyl (C=O) groups excluding carboxylic acids is 1. The Kier molecular flexibility index (Phi) is 5.65. The Hall–Kier alpha value is -0.870. The van der Waals surface area contributed by atoms with Crippen molar-refractivity contribution in [2.75, 3.05) is 6.61 Å². The van der Waals surface area contributed by atoms with Crippen LogP contribution in [0.4, 0.5) is 0 Å². The molecule has 1 heterocycles. The topological polar surface area (TPSA) is 44.8 Å². The Morgan fingerprint density at radius 2 is 1.82 bits per heavy atom. The Labute approximate surface area is 170 Å². The molecule has 4 saturated carbocycles. The van der Waals surface area contributed by atoms with Crippen LogP contribution in [0.5, 0.6) is 0 Å². The molecule has 0 aromatic rings. The molecule has 1 aliphatic heterocycles. The van der Waals surface area contributed by atoms with Crippen molar-refractivity contribution in [2.45, 2.75) is 108 Å². The van der Waals surface area contributed by atoms with E-state index in [2.05, 4.69) is 20.4 Å². The normalized spacial score (nSPS) is 42.1. The van der Waals surface area contributed by atoms with Crippen LogP contribution in [-0.2, 0) is 19.0 Å². The first-order chi connectivity index (χ1) is 13.4. The van der Waals surface area contributed by atoms with Gasteiger partial charge in [-0.05, 0) is 63.7 Å². The second kappa shape index (κ2) is 7.75. The van der Waals surface area contributed by atoms with Gasteiger partial charge in [0.15, 0.2) is 0 Å². The van der Waals surface area contributed by atoms with E-state index >= 15 is 0 Å². The molecule has 0 N–H and O–H groups in total. The monoisotopic (exact) mass is 390 g/mol. The highest BCUT2D eigenvalue weighted by atomic mass is 16.6. The highest BCUT2D eigenvalue weighted by Crippen LogP contribution is 2.61. The number of ether oxygens (including phenoxy) is 3. The zero-order valence-corrected chi connectivity index (χ0v) is 18.0. The third kappa shape index (κ3) is 3.79. The third-order valence-corrected chi connectivity index (χ3v) is 7.62. The molecule has 0 aromatic heterocycles. The first kappa shape index (κ1) is 20.4. The summed E-state index contributed by atoms with van der Waals surface area (Å²) < 4.78 is 19.0. The molecular formula is C24H38O4. The molecule has 5 aliphatic rings. The van der Waals surface area contributed by atoms with E-state index in [0.717, 1.165) is 64.4 Å². The van der Waals surface area contributed by atoms with Gasteiger partial charge in [0.1, 0.15) is 5.60 Å². The molecular weight excluding hydrogens is 352 g/mol. The molecule has 4 nitrogen and oxygen atoms in total. The molecule has 0 spiro atoms. The van der Waals surface area contributed by atoms with Crippen molar-refractivity contribution in [3.63, 3.8) is 0 Å². The van der Waals surface area contributed by atoms with Crippen molar-refractivity contribution in [1.82, 2.24) is 0 Å². The van der Waals surface area contributed by atoms with Gasteiger partial charge >= 0.3 is 5.97 Å². The summed E-state index contributed by atoms with van der Waals surface area (Å²) in [5.41, 5.74) is 0.0742. The van der Waals surface area contributed by atoms with Gasteiger partial charge in [0.25, 0.3) is 0 Å². The molecule has 158 valence electrons. The molecule has 1 saturated heterocycles. The van der Waals surface area contributed by atoms with Crippen LogP contribution in [0.3, 0.4) is 0 Å². The maximum Gasteiger partial charge on any atom is 0.333 e. The van der Waals surface area contributed by atoms with E-state index in [1.807, 2.05) is 0 Å². The summed E-state index contributed by atoms with van der Waals surface area (Å²) in [5, 5.41) is 0. The van der Waals surface area contributed by atoms with Gasteiger partial charge in [0.05, 0.1) is 24.4 Å². The second-order valence-corrected chi connectivity index (χ2v) is 10.3. The fourth-order valence-corrected chi connectivity index (χ4v) is 6.88. The Morgan fingerprint density at radius 1 is 1.14 bits per heavy atom. The predicted octanol–water partition coefficient (Wildman–Crippen LogP) is 5.20. The van der Waals surface area contributed by atoms with Crippen LogP contribution in [0.2, 0.25) is 0 Å². The summed E-state index contributed by atoms with van der Waals surface area (Å²) in [6, 6.07) is 0. The van der Waals surface area contributed by atoms with Crippen LogP contribution in [0, 0.1) is 17.8 Å². The summed E-state index contributed by atoms with van der Waals surface area (Å²) in [6.07, 6.45) is 11.6. The molecule has 0 radical (unpaired) electrons. The zero-order valence-electron chi connectivity index (χ0n) is 18.0. The summed E-state index contributed by atoms with van der Waals surface area (Å²) in [4.78, 5) is 12.4. The summed E-state index contributed by atoms with van der Waals surface area (Å²) >= 11 is 0. The van der Waals surface area contributed by atoms with Gasteiger partial charge in [-0.3, -0.25) is 0 Å². The van der Waals surface area contributed by atoms with Crippen molar-refractivity contribution in [2.24, 2.45) is 17.8 Å². The standard InChI is InChI=1S/C24H38O4/c1-5-7-20-19(14-26-20)21(8-6-2)27-23-10-17-9-18(11-23)13-24(12-17,15-23)28-22(25)16(3)4/h17-21H,3,5-15H2,1-2,4H3. The first-order valence-electron chi connectivity index (χ1n) is 11.6. The maximum absolute atomic E-state index is 12.4. The van der Waals surface area contributed by atoms with Crippen LogP contribution in [-0.4, -0.2) is 36.0 Å². The maximum atomic E-state index is 12.4. The number of rotatable bonds is 9. The Balaban J connectivity index is 1.51. The van der Waals surface area contributed by atoms with Gasteiger partial charge < -0.3 is 14.2 Å². The Morgan fingerprint density at radius 3 is 2.36 bits per heavy atom. The average molecular weight is 391 g/mol.